The molecule has 2 heterocycles. The summed E-state index contributed by atoms with van der Waals surface area (Å²) in [5.41, 5.74) is 6.30. The van der Waals surface area contributed by atoms with E-state index in [2.05, 4.69) is 5.32 Å². The largest absolute Gasteiger partial charge is 0.373 e. The van der Waals surface area contributed by atoms with Gasteiger partial charge in [-0.3, -0.25) is 14.6 Å². The number of fused-ring (bicyclic) bond motifs is 2. The Morgan fingerprint density at radius 2 is 1.74 bits per heavy atom. The standard InChI is InChI=1S/C34H36ClN3O4/c1-21-6-3-4-7-26(21)33(39)37-24-10-12-27(22(2)18-24)34(40)38-15-5-8-29(28-19-23(35)9-13-30(28)38)36-25-11-14-31-32(20-25)42-17-16-41-31/h3-4,6-7,9-10,12-13,18-19,25,31-32H,5,8,11,14-17,20H2,1-2H3,(H,37,39). The van der Waals surface area contributed by atoms with E-state index < -0.39 is 0 Å². The Hall–Kier alpha value is -3.52. The number of ether oxygens (including phenoxy) is 2. The summed E-state index contributed by atoms with van der Waals surface area (Å²) in [4.78, 5) is 33.9. The first-order valence-corrected chi connectivity index (χ1v) is 15.1. The number of nitrogens with one attached hydrogen (secondary N) is 1. The van der Waals surface area contributed by atoms with Gasteiger partial charge in [0.1, 0.15) is 0 Å². The van der Waals surface area contributed by atoms with E-state index in [1.165, 1.54) is 0 Å². The van der Waals surface area contributed by atoms with E-state index >= 15 is 0 Å². The molecule has 3 aromatic rings. The van der Waals surface area contributed by atoms with E-state index in [0.29, 0.717) is 41.6 Å². The first-order valence-electron chi connectivity index (χ1n) is 14.8. The van der Waals surface area contributed by atoms with Crippen molar-refractivity contribution >= 4 is 40.5 Å². The monoisotopic (exact) mass is 585 g/mol. The van der Waals surface area contributed by atoms with Crippen LogP contribution in [0.3, 0.4) is 0 Å². The zero-order chi connectivity index (χ0) is 29.2. The molecule has 1 saturated carbocycles. The number of anilines is 2. The molecule has 6 rings (SSSR count). The lowest BCUT2D eigenvalue weighted by atomic mass is 9.89. The quantitative estimate of drug-likeness (QED) is 0.366. The van der Waals surface area contributed by atoms with Gasteiger partial charge in [0.25, 0.3) is 11.8 Å². The fourth-order valence-electron chi connectivity index (χ4n) is 6.32. The number of aryl methyl sites for hydroxylation is 2. The van der Waals surface area contributed by atoms with E-state index in [9.17, 15) is 9.59 Å². The molecule has 1 saturated heterocycles. The van der Waals surface area contributed by atoms with Crippen LogP contribution in [-0.2, 0) is 9.47 Å². The van der Waals surface area contributed by atoms with Crippen LogP contribution in [0.4, 0.5) is 11.4 Å². The number of amides is 2. The van der Waals surface area contributed by atoms with E-state index in [0.717, 1.165) is 60.2 Å². The van der Waals surface area contributed by atoms with E-state index in [1.54, 1.807) is 18.2 Å². The number of carbonyl (C=O) groups excluding carboxylic acids is 2. The number of rotatable bonds is 4. The Labute approximate surface area is 251 Å². The molecule has 3 atom stereocenters. The highest BCUT2D eigenvalue weighted by Crippen LogP contribution is 2.34. The zero-order valence-electron chi connectivity index (χ0n) is 24.1. The molecule has 3 aliphatic rings. The lowest BCUT2D eigenvalue weighted by molar-refractivity contribution is -0.156. The highest BCUT2D eigenvalue weighted by Gasteiger charge is 2.35. The first kappa shape index (κ1) is 28.6. The van der Waals surface area contributed by atoms with Crippen LogP contribution in [0.15, 0.2) is 65.7 Å². The maximum absolute atomic E-state index is 14.0. The molecule has 0 aromatic heterocycles. The third-order valence-electron chi connectivity index (χ3n) is 8.49. The van der Waals surface area contributed by atoms with Gasteiger partial charge in [0.2, 0.25) is 0 Å². The maximum Gasteiger partial charge on any atom is 0.258 e. The minimum absolute atomic E-state index is 0.0811. The number of halogens is 1. The predicted octanol–water partition coefficient (Wildman–Crippen LogP) is 6.78. The van der Waals surface area contributed by atoms with E-state index in [4.69, 9.17) is 26.1 Å². The van der Waals surface area contributed by atoms with Crippen molar-refractivity contribution in [3.05, 3.63) is 93.5 Å². The van der Waals surface area contributed by atoms with Crippen molar-refractivity contribution < 1.29 is 19.1 Å². The lowest BCUT2D eigenvalue weighted by Gasteiger charge is -2.38. The fraction of sp³-hybridized carbons (Fsp3) is 0.382. The Bertz CT molecular complexity index is 1540. The topological polar surface area (TPSA) is 80.2 Å². The Morgan fingerprint density at radius 1 is 0.929 bits per heavy atom. The van der Waals surface area contributed by atoms with Gasteiger partial charge >= 0.3 is 0 Å². The van der Waals surface area contributed by atoms with Gasteiger partial charge in [-0.15, -0.1) is 0 Å². The SMILES string of the molecule is Cc1ccccc1C(=O)Nc1ccc(C(=O)N2CCCC(=NC3CCC4OCCOC4C3)c3cc(Cl)ccc32)c(C)c1. The summed E-state index contributed by atoms with van der Waals surface area (Å²) in [5, 5.41) is 3.59. The van der Waals surface area contributed by atoms with Crippen molar-refractivity contribution in [1.82, 2.24) is 0 Å². The highest BCUT2D eigenvalue weighted by atomic mass is 35.5. The molecular weight excluding hydrogens is 550 g/mol. The van der Waals surface area contributed by atoms with E-state index in [1.807, 2.05) is 61.2 Å². The van der Waals surface area contributed by atoms with Gasteiger partial charge in [0.05, 0.1) is 37.2 Å². The summed E-state index contributed by atoms with van der Waals surface area (Å²) < 4.78 is 11.9. The molecule has 8 heteroatoms. The average Bonchev–Trinajstić information content (AvgIpc) is 3.16. The summed E-state index contributed by atoms with van der Waals surface area (Å²) in [7, 11) is 0. The number of hydrogen-bond acceptors (Lipinski definition) is 5. The second kappa shape index (κ2) is 12.4. The molecule has 3 aromatic carbocycles. The third-order valence-corrected chi connectivity index (χ3v) is 8.73. The van der Waals surface area contributed by atoms with Gasteiger partial charge in [0, 0.05) is 39.7 Å². The molecule has 0 bridgehead atoms. The first-order chi connectivity index (χ1) is 20.4. The van der Waals surface area contributed by atoms with Crippen molar-refractivity contribution in [2.75, 3.05) is 30.0 Å². The minimum atomic E-state index is -0.173. The van der Waals surface area contributed by atoms with Crippen LogP contribution in [0.25, 0.3) is 0 Å². The van der Waals surface area contributed by atoms with Crippen LogP contribution in [0.5, 0.6) is 0 Å². The van der Waals surface area contributed by atoms with Crippen LogP contribution in [0.2, 0.25) is 5.02 Å². The van der Waals surface area contributed by atoms with Crippen molar-refractivity contribution in [1.29, 1.82) is 0 Å². The van der Waals surface area contributed by atoms with Gasteiger partial charge < -0.3 is 19.7 Å². The van der Waals surface area contributed by atoms with Crippen molar-refractivity contribution in [3.8, 4) is 0 Å². The number of aliphatic imine (C=N–C) groups is 1. The van der Waals surface area contributed by atoms with E-state index in [-0.39, 0.29) is 30.1 Å². The van der Waals surface area contributed by atoms with Crippen LogP contribution in [-0.4, -0.2) is 55.5 Å². The Balaban J connectivity index is 1.24. The van der Waals surface area contributed by atoms with Gasteiger partial charge in [-0.05, 0) is 99.5 Å². The molecule has 1 N–H and O–H groups in total. The second-order valence-electron chi connectivity index (χ2n) is 11.4. The molecule has 3 unspecified atom stereocenters. The van der Waals surface area contributed by atoms with Crippen molar-refractivity contribution in [2.45, 2.75) is 64.2 Å². The molecule has 1 aliphatic carbocycles. The smallest absolute Gasteiger partial charge is 0.258 e. The molecule has 2 amide bonds. The Kier molecular flexibility index (Phi) is 8.43. The molecule has 42 heavy (non-hydrogen) atoms. The lowest BCUT2D eigenvalue weighted by Crippen LogP contribution is -2.44. The van der Waals surface area contributed by atoms with Crippen LogP contribution < -0.4 is 10.2 Å². The second-order valence-corrected chi connectivity index (χ2v) is 11.8. The summed E-state index contributed by atoms with van der Waals surface area (Å²) >= 11 is 6.48. The van der Waals surface area contributed by atoms with Gasteiger partial charge in [-0.2, -0.15) is 0 Å². The molecule has 218 valence electrons. The van der Waals surface area contributed by atoms with Gasteiger partial charge in [-0.1, -0.05) is 29.8 Å². The molecule has 2 aliphatic heterocycles. The molecular formula is C34H36ClN3O4. The third kappa shape index (κ3) is 6.00. The number of carbonyl (C=O) groups is 2. The summed E-state index contributed by atoms with van der Waals surface area (Å²) in [6, 6.07) is 18.8. The Morgan fingerprint density at radius 3 is 2.55 bits per heavy atom. The van der Waals surface area contributed by atoms with Crippen LogP contribution in [0, 0.1) is 13.8 Å². The average molecular weight is 586 g/mol. The molecule has 0 radical (unpaired) electrons. The number of nitrogens with zero attached hydrogens (tertiary/aromatic N) is 2. The summed E-state index contributed by atoms with van der Waals surface area (Å²) in [6.45, 7) is 5.69. The van der Waals surface area contributed by atoms with Crippen LogP contribution in [0.1, 0.15) is 69.5 Å². The zero-order valence-corrected chi connectivity index (χ0v) is 24.8. The van der Waals surface area contributed by atoms with Crippen molar-refractivity contribution in [2.24, 2.45) is 4.99 Å². The molecule has 2 fully saturated rings. The maximum atomic E-state index is 14.0. The predicted molar refractivity (Wildman–Crippen MR) is 166 cm³/mol. The highest BCUT2D eigenvalue weighted by molar-refractivity contribution is 6.31. The molecule has 7 nitrogen and oxygen atoms in total. The van der Waals surface area contributed by atoms with Crippen molar-refractivity contribution in [3.63, 3.8) is 0 Å². The fourth-order valence-corrected chi connectivity index (χ4v) is 6.49. The minimum Gasteiger partial charge on any atom is -0.373 e. The van der Waals surface area contributed by atoms with Crippen LogP contribution >= 0.6 is 11.6 Å². The summed E-state index contributed by atoms with van der Waals surface area (Å²) in [5.74, 6) is -0.254. The molecule has 0 spiro atoms. The normalized spacial score (nSPS) is 23.1. The van der Waals surface area contributed by atoms with Gasteiger partial charge in [-0.25, -0.2) is 0 Å². The number of hydrogen-bond donors (Lipinski definition) is 1. The van der Waals surface area contributed by atoms with Gasteiger partial charge in [0.15, 0.2) is 0 Å². The number of benzene rings is 3. The summed E-state index contributed by atoms with van der Waals surface area (Å²) in [6.07, 6.45) is 4.57.